The summed E-state index contributed by atoms with van der Waals surface area (Å²) in [4.78, 5) is 22.7. The zero-order valence-electron chi connectivity index (χ0n) is 11.5. The number of benzene rings is 1. The van der Waals surface area contributed by atoms with Crippen molar-refractivity contribution in [1.29, 1.82) is 5.26 Å². The van der Waals surface area contributed by atoms with Crippen molar-refractivity contribution in [2.24, 2.45) is 0 Å². The molecule has 0 aliphatic heterocycles. The van der Waals surface area contributed by atoms with Gasteiger partial charge >= 0.3 is 5.97 Å². The maximum absolute atomic E-state index is 11.7. The SMILES string of the molecule is CSCCC(NC(=O)COc1ccccc1C#N)C(=O)O. The van der Waals surface area contributed by atoms with E-state index in [9.17, 15) is 9.59 Å². The van der Waals surface area contributed by atoms with Crippen LogP contribution in [0.1, 0.15) is 12.0 Å². The van der Waals surface area contributed by atoms with E-state index in [0.29, 0.717) is 23.5 Å². The summed E-state index contributed by atoms with van der Waals surface area (Å²) in [6, 6.07) is 7.55. The van der Waals surface area contributed by atoms with Gasteiger partial charge in [-0.3, -0.25) is 4.79 Å². The molecular formula is C14H16N2O4S. The first-order chi connectivity index (χ1) is 10.1. The highest BCUT2D eigenvalue weighted by Crippen LogP contribution is 2.16. The largest absolute Gasteiger partial charge is 0.482 e. The van der Waals surface area contributed by atoms with Gasteiger partial charge in [-0.1, -0.05) is 12.1 Å². The highest BCUT2D eigenvalue weighted by Gasteiger charge is 2.19. The molecule has 1 atom stereocenters. The summed E-state index contributed by atoms with van der Waals surface area (Å²) < 4.78 is 5.24. The maximum atomic E-state index is 11.7. The number of nitrogens with one attached hydrogen (secondary N) is 1. The van der Waals surface area contributed by atoms with Crippen molar-refractivity contribution in [3.63, 3.8) is 0 Å². The number of carbonyl (C=O) groups excluding carboxylic acids is 1. The van der Waals surface area contributed by atoms with Gasteiger partial charge in [0.05, 0.1) is 5.56 Å². The second-order valence-corrected chi connectivity index (χ2v) is 5.12. The third-order valence-corrected chi connectivity index (χ3v) is 3.25. The maximum Gasteiger partial charge on any atom is 0.326 e. The lowest BCUT2D eigenvalue weighted by molar-refractivity contribution is -0.142. The normalized spacial score (nSPS) is 11.2. The van der Waals surface area contributed by atoms with Gasteiger partial charge in [0.25, 0.3) is 5.91 Å². The van der Waals surface area contributed by atoms with Crippen LogP contribution in [0.2, 0.25) is 0 Å². The van der Waals surface area contributed by atoms with E-state index in [-0.39, 0.29) is 6.61 Å². The number of para-hydroxylation sites is 1. The molecule has 0 radical (unpaired) electrons. The third-order valence-electron chi connectivity index (χ3n) is 2.61. The van der Waals surface area contributed by atoms with E-state index in [0.717, 1.165) is 0 Å². The molecule has 6 nitrogen and oxygen atoms in total. The molecule has 1 unspecified atom stereocenters. The zero-order valence-corrected chi connectivity index (χ0v) is 12.4. The van der Waals surface area contributed by atoms with Crippen molar-refractivity contribution in [1.82, 2.24) is 5.32 Å². The summed E-state index contributed by atoms with van der Waals surface area (Å²) in [5.41, 5.74) is 0.322. The zero-order chi connectivity index (χ0) is 15.7. The lowest BCUT2D eigenvalue weighted by Gasteiger charge is -2.14. The van der Waals surface area contributed by atoms with Gasteiger partial charge in [0.15, 0.2) is 6.61 Å². The number of hydrogen-bond donors (Lipinski definition) is 2. The minimum atomic E-state index is -1.07. The molecule has 7 heteroatoms. The number of thioether (sulfide) groups is 1. The second-order valence-electron chi connectivity index (χ2n) is 4.14. The van der Waals surface area contributed by atoms with Crippen LogP contribution in [0.25, 0.3) is 0 Å². The Morgan fingerprint density at radius 2 is 2.19 bits per heavy atom. The number of carbonyl (C=O) groups is 2. The minimum Gasteiger partial charge on any atom is -0.482 e. The van der Waals surface area contributed by atoms with Crippen LogP contribution in [0.5, 0.6) is 5.75 Å². The summed E-state index contributed by atoms with van der Waals surface area (Å²) >= 11 is 1.51. The van der Waals surface area contributed by atoms with Crippen molar-refractivity contribution in [3.05, 3.63) is 29.8 Å². The lowest BCUT2D eigenvalue weighted by atomic mass is 10.2. The van der Waals surface area contributed by atoms with Gasteiger partial charge in [-0.25, -0.2) is 4.79 Å². The van der Waals surface area contributed by atoms with Gasteiger partial charge in [0, 0.05) is 0 Å². The van der Waals surface area contributed by atoms with Gasteiger partial charge in [0.2, 0.25) is 0 Å². The summed E-state index contributed by atoms with van der Waals surface area (Å²) in [5.74, 6) is -0.674. The van der Waals surface area contributed by atoms with Gasteiger partial charge in [0.1, 0.15) is 17.9 Å². The number of carboxylic acids is 1. The van der Waals surface area contributed by atoms with Gasteiger partial charge in [-0.2, -0.15) is 17.0 Å². The molecule has 112 valence electrons. The third kappa shape index (κ3) is 5.75. The number of amides is 1. The Morgan fingerprint density at radius 3 is 2.81 bits per heavy atom. The number of aliphatic carboxylic acids is 1. The predicted octanol–water partition coefficient (Wildman–Crippen LogP) is 1.26. The first-order valence-electron chi connectivity index (χ1n) is 6.21. The number of hydrogen-bond acceptors (Lipinski definition) is 5. The molecule has 0 aliphatic rings. The molecular weight excluding hydrogens is 292 g/mol. The molecule has 1 amide bonds. The number of carboxylic acid groups (broad SMARTS) is 1. The molecule has 0 aliphatic carbocycles. The van der Waals surface area contributed by atoms with E-state index < -0.39 is 17.9 Å². The van der Waals surface area contributed by atoms with Crippen LogP contribution in [0.3, 0.4) is 0 Å². The van der Waals surface area contributed by atoms with Crippen molar-refractivity contribution in [2.75, 3.05) is 18.6 Å². The average molecular weight is 308 g/mol. The van der Waals surface area contributed by atoms with E-state index in [2.05, 4.69) is 5.32 Å². The number of nitrogens with zero attached hydrogens (tertiary/aromatic N) is 1. The Kier molecular flexibility index (Phi) is 7.12. The van der Waals surface area contributed by atoms with Crippen LogP contribution in [0, 0.1) is 11.3 Å². The van der Waals surface area contributed by atoms with Gasteiger partial charge in [-0.05, 0) is 30.6 Å². The van der Waals surface area contributed by atoms with E-state index >= 15 is 0 Å². The summed E-state index contributed by atoms with van der Waals surface area (Å²) in [7, 11) is 0. The van der Waals surface area contributed by atoms with E-state index in [1.54, 1.807) is 24.3 Å². The molecule has 1 rings (SSSR count). The first-order valence-corrected chi connectivity index (χ1v) is 7.61. The van der Waals surface area contributed by atoms with Crippen molar-refractivity contribution in [2.45, 2.75) is 12.5 Å². The standard InChI is InChI=1S/C14H16N2O4S/c1-21-7-6-11(14(18)19)16-13(17)9-20-12-5-3-2-4-10(12)8-15/h2-5,11H,6-7,9H2,1H3,(H,16,17)(H,18,19). The molecule has 21 heavy (non-hydrogen) atoms. The Balaban J connectivity index is 2.53. The molecule has 1 aromatic rings. The fourth-order valence-electron chi connectivity index (χ4n) is 1.56. The average Bonchev–Trinajstić information content (AvgIpc) is 2.49. The van der Waals surface area contributed by atoms with Crippen LogP contribution in [0.15, 0.2) is 24.3 Å². The number of ether oxygens (including phenoxy) is 1. The fourth-order valence-corrected chi connectivity index (χ4v) is 2.03. The highest BCUT2D eigenvalue weighted by atomic mass is 32.2. The number of rotatable bonds is 8. The van der Waals surface area contributed by atoms with Gasteiger partial charge in [-0.15, -0.1) is 0 Å². The molecule has 0 bridgehead atoms. The lowest BCUT2D eigenvalue weighted by Crippen LogP contribution is -2.43. The topological polar surface area (TPSA) is 99.4 Å². The second kappa shape index (κ2) is 8.87. The first kappa shape index (κ1) is 16.9. The van der Waals surface area contributed by atoms with E-state index in [1.165, 1.54) is 11.8 Å². The van der Waals surface area contributed by atoms with Crippen LogP contribution in [-0.4, -0.2) is 41.6 Å². The smallest absolute Gasteiger partial charge is 0.326 e. The monoisotopic (exact) mass is 308 g/mol. The van der Waals surface area contributed by atoms with E-state index in [4.69, 9.17) is 15.1 Å². The van der Waals surface area contributed by atoms with Crippen LogP contribution in [0.4, 0.5) is 0 Å². The quantitative estimate of drug-likeness (QED) is 0.750. The molecule has 0 aromatic heterocycles. The van der Waals surface area contributed by atoms with Crippen molar-refractivity contribution >= 4 is 23.6 Å². The number of nitriles is 1. The Hall–Kier alpha value is -2.20. The molecule has 0 fully saturated rings. The van der Waals surface area contributed by atoms with Crippen molar-refractivity contribution in [3.8, 4) is 11.8 Å². The Morgan fingerprint density at radius 1 is 1.48 bits per heavy atom. The molecule has 0 saturated heterocycles. The van der Waals surface area contributed by atoms with E-state index in [1.807, 2.05) is 12.3 Å². The fraction of sp³-hybridized carbons (Fsp3) is 0.357. The molecule has 0 spiro atoms. The molecule has 0 heterocycles. The van der Waals surface area contributed by atoms with Crippen LogP contribution >= 0.6 is 11.8 Å². The molecule has 2 N–H and O–H groups in total. The molecule has 1 aromatic carbocycles. The summed E-state index contributed by atoms with van der Waals surface area (Å²) in [6.07, 6.45) is 2.21. The summed E-state index contributed by atoms with van der Waals surface area (Å²) in [6.45, 7) is -0.332. The van der Waals surface area contributed by atoms with Crippen molar-refractivity contribution < 1.29 is 19.4 Å². The van der Waals surface area contributed by atoms with Gasteiger partial charge < -0.3 is 15.2 Å². The Labute approximate surface area is 127 Å². The molecule has 0 saturated carbocycles. The Bertz CT molecular complexity index is 542. The highest BCUT2D eigenvalue weighted by molar-refractivity contribution is 7.98. The minimum absolute atomic E-state index is 0.297. The predicted molar refractivity (Wildman–Crippen MR) is 79.2 cm³/mol. The van der Waals surface area contributed by atoms with Crippen LogP contribution in [-0.2, 0) is 9.59 Å². The van der Waals surface area contributed by atoms with Crippen LogP contribution < -0.4 is 10.1 Å². The summed E-state index contributed by atoms with van der Waals surface area (Å²) in [5, 5.41) is 20.3.